The van der Waals surface area contributed by atoms with Crippen molar-refractivity contribution >= 4 is 29.5 Å². The van der Waals surface area contributed by atoms with E-state index in [4.69, 9.17) is 9.47 Å². The molecule has 4 aliphatic rings. The third-order valence-electron chi connectivity index (χ3n) is 7.44. The molecule has 4 aliphatic heterocycles. The molecule has 15 nitrogen and oxygen atoms in total. The topological polar surface area (TPSA) is 221 Å². The van der Waals surface area contributed by atoms with Crippen LogP contribution >= 0.6 is 11.8 Å². The van der Waals surface area contributed by atoms with Crippen LogP contribution in [0.4, 0.5) is 0 Å². The molecule has 0 aromatic carbocycles. The second-order valence-corrected chi connectivity index (χ2v) is 11.1. The number of aryl methyl sites for hydroxylation is 1. The maximum atomic E-state index is 12.8. The summed E-state index contributed by atoms with van der Waals surface area (Å²) in [4.78, 5) is 64.4. The van der Waals surface area contributed by atoms with Gasteiger partial charge in [-0.25, -0.2) is 4.79 Å². The van der Waals surface area contributed by atoms with Crippen LogP contribution in [0.2, 0.25) is 0 Å². The van der Waals surface area contributed by atoms with E-state index in [0.717, 1.165) is 16.3 Å². The summed E-state index contributed by atoms with van der Waals surface area (Å²) in [5, 5.41) is 44.1. The minimum Gasteiger partial charge on any atom is -0.388 e. The highest BCUT2D eigenvalue weighted by atomic mass is 32.2. The number of amides is 3. The summed E-state index contributed by atoms with van der Waals surface area (Å²) < 4.78 is 12.6. The van der Waals surface area contributed by atoms with Gasteiger partial charge in [-0.2, -0.15) is 0 Å². The molecule has 3 saturated heterocycles. The maximum Gasteiger partial charge on any atom is 0.330 e. The molecule has 0 radical (unpaired) electrons. The molecular weight excluding hydrogens is 540 g/mol. The summed E-state index contributed by atoms with van der Waals surface area (Å²) in [6, 6.07) is 0. The largest absolute Gasteiger partial charge is 0.388 e. The lowest BCUT2D eigenvalue weighted by molar-refractivity contribution is -0.139. The number of rotatable bonds is 5. The number of aliphatic hydroxyl groups excluding tert-OH is 4. The van der Waals surface area contributed by atoms with Crippen LogP contribution in [0, 0.1) is 12.8 Å². The first-order chi connectivity index (χ1) is 18.4. The highest BCUT2D eigenvalue weighted by Gasteiger charge is 2.54. The van der Waals surface area contributed by atoms with Gasteiger partial charge in [0, 0.05) is 17.3 Å². The fourth-order valence-corrected chi connectivity index (χ4v) is 6.53. The van der Waals surface area contributed by atoms with Gasteiger partial charge in [-0.1, -0.05) is 6.08 Å². The predicted molar refractivity (Wildman–Crippen MR) is 131 cm³/mol. The molecular formula is C23H28N4O11S. The monoisotopic (exact) mass is 568 g/mol. The second kappa shape index (κ2) is 10.3. The van der Waals surface area contributed by atoms with E-state index in [2.05, 4.69) is 10.3 Å². The van der Waals surface area contributed by atoms with Gasteiger partial charge < -0.3 is 34.8 Å². The second-order valence-electron chi connectivity index (χ2n) is 10.0. The Bertz CT molecular complexity index is 1340. The molecule has 5 rings (SSSR count). The molecule has 6 N–H and O–H groups in total. The number of ether oxygens (including phenoxy) is 2. The van der Waals surface area contributed by atoms with E-state index in [9.17, 15) is 44.4 Å². The lowest BCUT2D eigenvalue weighted by Gasteiger charge is -2.32. The zero-order valence-electron chi connectivity index (χ0n) is 20.8. The van der Waals surface area contributed by atoms with Crippen molar-refractivity contribution in [1.29, 1.82) is 0 Å². The van der Waals surface area contributed by atoms with E-state index < -0.39 is 83.3 Å². The Hall–Kier alpha value is -2.86. The van der Waals surface area contributed by atoms with Crippen molar-refractivity contribution in [3.8, 4) is 0 Å². The first-order valence-corrected chi connectivity index (χ1v) is 13.2. The number of nitrogens with one attached hydrogen (secondary N) is 2. The predicted octanol–water partition coefficient (Wildman–Crippen LogP) is -3.93. The summed E-state index contributed by atoms with van der Waals surface area (Å²) in [6.07, 6.45) is -8.36. The van der Waals surface area contributed by atoms with Crippen LogP contribution in [0.5, 0.6) is 0 Å². The summed E-state index contributed by atoms with van der Waals surface area (Å²) in [7, 11) is 0. The molecule has 1 aromatic heterocycles. The van der Waals surface area contributed by atoms with Gasteiger partial charge in [0.2, 0.25) is 11.8 Å². The van der Waals surface area contributed by atoms with Crippen LogP contribution < -0.4 is 16.6 Å². The lowest BCUT2D eigenvalue weighted by atomic mass is 9.91. The van der Waals surface area contributed by atoms with Gasteiger partial charge in [-0.05, 0) is 13.8 Å². The zero-order chi connectivity index (χ0) is 28.3. The Labute approximate surface area is 224 Å². The zero-order valence-corrected chi connectivity index (χ0v) is 21.6. The Morgan fingerprint density at radius 2 is 1.67 bits per heavy atom. The van der Waals surface area contributed by atoms with Gasteiger partial charge in [0.15, 0.2) is 6.23 Å². The van der Waals surface area contributed by atoms with Gasteiger partial charge in [0.05, 0.1) is 18.2 Å². The lowest BCUT2D eigenvalue weighted by Crippen LogP contribution is -2.50. The van der Waals surface area contributed by atoms with Crippen molar-refractivity contribution in [2.75, 3.05) is 12.3 Å². The maximum absolute atomic E-state index is 12.8. The Balaban J connectivity index is 1.34. The van der Waals surface area contributed by atoms with Crippen LogP contribution in [0.3, 0.4) is 0 Å². The number of aliphatic hydroxyl groups is 4. The van der Waals surface area contributed by atoms with Crippen LogP contribution in [-0.4, -0.2) is 113 Å². The van der Waals surface area contributed by atoms with Crippen LogP contribution in [0.25, 0.3) is 0 Å². The number of carbonyl (C=O) groups is 3. The molecule has 5 unspecified atom stereocenters. The van der Waals surface area contributed by atoms with E-state index in [0.29, 0.717) is 0 Å². The third-order valence-corrected chi connectivity index (χ3v) is 8.72. The number of aromatic amines is 1. The minimum absolute atomic E-state index is 0.0143. The molecule has 212 valence electrons. The van der Waals surface area contributed by atoms with Crippen LogP contribution in [0.1, 0.15) is 18.7 Å². The number of hydrogen-bond donors (Lipinski definition) is 6. The Kier molecular flexibility index (Phi) is 7.30. The molecule has 5 heterocycles. The van der Waals surface area contributed by atoms with Crippen molar-refractivity contribution in [2.24, 2.45) is 5.92 Å². The van der Waals surface area contributed by atoms with Crippen molar-refractivity contribution in [3.05, 3.63) is 44.2 Å². The normalized spacial score (nSPS) is 38.9. The van der Waals surface area contributed by atoms with E-state index in [1.54, 1.807) is 0 Å². The van der Waals surface area contributed by atoms with Crippen molar-refractivity contribution in [2.45, 2.75) is 68.2 Å². The number of carbonyl (C=O) groups excluding carboxylic acids is 3. The molecule has 39 heavy (non-hydrogen) atoms. The Morgan fingerprint density at radius 3 is 2.38 bits per heavy atom. The molecule has 3 fully saturated rings. The number of aromatic nitrogens is 2. The molecule has 10 atom stereocenters. The van der Waals surface area contributed by atoms with Crippen LogP contribution in [0.15, 0.2) is 27.4 Å². The smallest absolute Gasteiger partial charge is 0.330 e. The number of hydrogen-bond acceptors (Lipinski definition) is 12. The van der Waals surface area contributed by atoms with Crippen molar-refractivity contribution < 1.29 is 44.3 Å². The molecule has 0 aliphatic carbocycles. The van der Waals surface area contributed by atoms with Gasteiger partial charge in [0.25, 0.3) is 11.5 Å². The summed E-state index contributed by atoms with van der Waals surface area (Å²) in [6.45, 7) is 2.70. The first kappa shape index (κ1) is 27.7. The molecule has 3 amide bonds. The number of H-pyrrole nitrogens is 1. The standard InChI is InChI=1S/C23H28N4O11S/c1-7-3-9(20(35)24-18(7)33)16-13(30)12(29)10(37-16)5-26-11(28)6-39-22(26)17-14(31)15(32)21(38-17)27-4-8(2)19(34)25-23(27)36/h3-4,9-10,12-17,21-22,29-32H,5-6H2,1-2H3,(H,24,33,35)(H,25,34,36)/t9?,10?,12-,13-,14-,15+,16?,17?,21?,22-/m1/s1. The van der Waals surface area contributed by atoms with Crippen LogP contribution in [-0.2, 0) is 23.9 Å². The average Bonchev–Trinajstić information content (AvgIpc) is 3.48. The summed E-state index contributed by atoms with van der Waals surface area (Å²) in [5.41, 5.74) is -1.04. The quantitative estimate of drug-likeness (QED) is 0.188. The minimum atomic E-state index is -1.57. The average molecular weight is 569 g/mol. The summed E-state index contributed by atoms with van der Waals surface area (Å²) in [5.74, 6) is -2.71. The van der Waals surface area contributed by atoms with Gasteiger partial charge >= 0.3 is 5.69 Å². The van der Waals surface area contributed by atoms with Gasteiger partial charge in [-0.3, -0.25) is 34.0 Å². The van der Waals surface area contributed by atoms with Crippen molar-refractivity contribution in [3.63, 3.8) is 0 Å². The third kappa shape index (κ3) is 4.75. The highest BCUT2D eigenvalue weighted by Crippen LogP contribution is 2.40. The summed E-state index contributed by atoms with van der Waals surface area (Å²) >= 11 is 1.11. The van der Waals surface area contributed by atoms with E-state index in [-0.39, 0.29) is 29.3 Å². The SMILES string of the molecule is CC1=CC(C2OC(CN3C(=O)CS[C@@H]3C3OC(n4cc(C)c(=O)[nH]c4=O)[C@@H](O)[C@H]3O)[C@@H](O)[C@H]2O)C(=O)NC1=O. The molecule has 0 saturated carbocycles. The molecule has 0 spiro atoms. The number of thioether (sulfide) groups is 1. The first-order valence-electron chi connectivity index (χ1n) is 12.2. The molecule has 1 aromatic rings. The van der Waals surface area contributed by atoms with Gasteiger partial charge in [-0.15, -0.1) is 11.8 Å². The highest BCUT2D eigenvalue weighted by molar-refractivity contribution is 8.01. The van der Waals surface area contributed by atoms with E-state index in [1.807, 2.05) is 0 Å². The van der Waals surface area contributed by atoms with E-state index in [1.165, 1.54) is 31.0 Å². The molecule has 16 heteroatoms. The number of imide groups is 1. The van der Waals surface area contributed by atoms with Crippen molar-refractivity contribution in [1.82, 2.24) is 19.8 Å². The fraction of sp³-hybridized carbons (Fsp3) is 0.609. The van der Waals surface area contributed by atoms with E-state index >= 15 is 0 Å². The fourth-order valence-electron chi connectivity index (χ4n) is 5.25. The van der Waals surface area contributed by atoms with Gasteiger partial charge in [0.1, 0.15) is 48.1 Å². The number of nitrogens with zero attached hydrogens (tertiary/aromatic N) is 2. The Morgan fingerprint density at radius 1 is 0.974 bits per heavy atom. The molecule has 0 bridgehead atoms.